The third kappa shape index (κ3) is 5.50. The van der Waals surface area contributed by atoms with Crippen molar-refractivity contribution in [3.8, 4) is 0 Å². The van der Waals surface area contributed by atoms with Crippen LogP contribution in [0, 0.1) is 0 Å². The van der Waals surface area contributed by atoms with Crippen molar-refractivity contribution in [2.75, 3.05) is 0 Å². The molecule has 94 valence electrons. The third-order valence-corrected chi connectivity index (χ3v) is 5.15. The summed E-state index contributed by atoms with van der Waals surface area (Å²) in [5.41, 5.74) is 2.37. The molecule has 0 heterocycles. The van der Waals surface area contributed by atoms with Crippen LogP contribution >= 0.6 is 0 Å². The first-order valence-electron chi connectivity index (χ1n) is 5.60. The molecule has 2 heteroatoms. The molecule has 0 aromatic heterocycles. The van der Waals surface area contributed by atoms with Gasteiger partial charge in [0.2, 0.25) is 0 Å². The van der Waals surface area contributed by atoms with Gasteiger partial charge in [-0.1, -0.05) is 25.6 Å². The van der Waals surface area contributed by atoms with Gasteiger partial charge in [-0.15, -0.1) is 0 Å². The van der Waals surface area contributed by atoms with Gasteiger partial charge in [0.25, 0.3) is 0 Å². The molecule has 0 N–H and O–H groups in total. The molecule has 2 aromatic rings. The van der Waals surface area contributed by atoms with E-state index in [1.54, 1.807) is 0 Å². The molecule has 1 unspecified atom stereocenters. The van der Waals surface area contributed by atoms with Crippen LogP contribution in [0.15, 0.2) is 54.6 Å². The molecule has 0 bridgehead atoms. The Balaban J connectivity index is 0.000000318. The second-order valence-corrected chi connectivity index (χ2v) is 7.70. The second-order valence-electron chi connectivity index (χ2n) is 4.21. The summed E-state index contributed by atoms with van der Waals surface area (Å²) in [5.74, 6) is 0. The van der Waals surface area contributed by atoms with Crippen LogP contribution in [-0.4, -0.2) is 8.80 Å². The molecular formula is C14H20FeSi-6. The van der Waals surface area contributed by atoms with Gasteiger partial charge >= 0.3 is 0 Å². The normalized spacial score (nSPS) is 11.2. The van der Waals surface area contributed by atoms with E-state index in [-0.39, 0.29) is 17.1 Å². The first-order valence-corrected chi connectivity index (χ1v) is 8.57. The van der Waals surface area contributed by atoms with E-state index >= 15 is 0 Å². The molecule has 0 aliphatic rings. The maximum absolute atomic E-state index is 2.40. The van der Waals surface area contributed by atoms with Gasteiger partial charge in [0, 0.05) is 25.9 Å². The SMILES string of the molecule is CC([c-]1cccc1)[SiH](C)C.[Fe].[cH-]1[cH-][cH-][cH-][cH-]1. The Labute approximate surface area is 112 Å². The van der Waals surface area contributed by atoms with Crippen molar-refractivity contribution in [2.24, 2.45) is 0 Å². The van der Waals surface area contributed by atoms with Crippen LogP contribution in [0.3, 0.4) is 0 Å². The number of hydrogen-bond acceptors (Lipinski definition) is 0. The van der Waals surface area contributed by atoms with E-state index in [1.807, 2.05) is 30.3 Å². The van der Waals surface area contributed by atoms with Gasteiger partial charge < -0.3 is 30.3 Å². The fourth-order valence-electron chi connectivity index (χ4n) is 1.40. The Bertz CT molecular complexity index is 304. The van der Waals surface area contributed by atoms with Crippen molar-refractivity contribution < 1.29 is 17.1 Å². The molecule has 0 saturated heterocycles. The molecule has 0 saturated carbocycles. The van der Waals surface area contributed by atoms with Crippen LogP contribution in [0.25, 0.3) is 0 Å². The van der Waals surface area contributed by atoms with Crippen LogP contribution in [0.4, 0.5) is 0 Å². The molecule has 1 atom stereocenters. The fraction of sp³-hybridized carbons (Fsp3) is 0.286. The van der Waals surface area contributed by atoms with Crippen LogP contribution < -0.4 is 0 Å². The van der Waals surface area contributed by atoms with Gasteiger partial charge in [0.1, 0.15) is 0 Å². The summed E-state index contributed by atoms with van der Waals surface area (Å²) in [6.45, 7) is 7.14. The number of hydrogen-bond donors (Lipinski definition) is 0. The summed E-state index contributed by atoms with van der Waals surface area (Å²) >= 11 is 0. The summed E-state index contributed by atoms with van der Waals surface area (Å²) in [6, 6.07) is 18.7. The summed E-state index contributed by atoms with van der Waals surface area (Å²) in [5, 5.41) is 0. The van der Waals surface area contributed by atoms with Crippen LogP contribution in [0.2, 0.25) is 13.1 Å². The van der Waals surface area contributed by atoms with Crippen LogP contribution in [-0.2, 0) is 17.1 Å². The first kappa shape index (κ1) is 15.4. The van der Waals surface area contributed by atoms with E-state index in [0.717, 1.165) is 5.54 Å². The smallest absolute Gasteiger partial charge is 0.0262 e. The fourth-order valence-corrected chi connectivity index (χ4v) is 2.39. The van der Waals surface area contributed by atoms with Gasteiger partial charge in [-0.05, 0) is 0 Å². The maximum atomic E-state index is 2.40. The molecule has 0 fully saturated rings. The Morgan fingerprint density at radius 2 is 1.31 bits per heavy atom. The topological polar surface area (TPSA) is 0 Å². The summed E-state index contributed by atoms with van der Waals surface area (Å²) in [7, 11) is -0.457. The minimum atomic E-state index is -0.457. The summed E-state index contributed by atoms with van der Waals surface area (Å²) in [6.07, 6.45) is 0. The zero-order chi connectivity index (χ0) is 11.1. The van der Waals surface area contributed by atoms with Gasteiger partial charge in [-0.3, -0.25) is 0 Å². The van der Waals surface area contributed by atoms with Crippen molar-refractivity contribution in [3.05, 3.63) is 60.2 Å². The van der Waals surface area contributed by atoms with Gasteiger partial charge in [0.05, 0.1) is 0 Å². The molecule has 16 heavy (non-hydrogen) atoms. The average Bonchev–Trinajstić information content (AvgIpc) is 2.92. The molecule has 0 nitrogen and oxygen atoms in total. The molecule has 0 spiro atoms. The van der Waals surface area contributed by atoms with Crippen molar-refractivity contribution in [1.82, 2.24) is 0 Å². The van der Waals surface area contributed by atoms with Crippen LogP contribution in [0.5, 0.6) is 0 Å². The summed E-state index contributed by atoms with van der Waals surface area (Å²) < 4.78 is 0. The standard InChI is InChI=1S/C9H15Si.C5H5.Fe/c1-8(10(2)3)9-6-4-5-7-9;1-2-4-5-3-1;/h4-8,10H,1-3H3;1-5H;/q-1;-5;. The number of rotatable bonds is 2. The van der Waals surface area contributed by atoms with E-state index in [4.69, 9.17) is 0 Å². The predicted molar refractivity (Wildman–Crippen MR) is 71.4 cm³/mol. The largest absolute Gasteiger partial charge is 0.748 e. The maximum Gasteiger partial charge on any atom is 0.0262 e. The minimum absolute atomic E-state index is 0. The zero-order valence-electron chi connectivity index (χ0n) is 10.2. The predicted octanol–water partition coefficient (Wildman–Crippen LogP) is 3.94. The Kier molecular flexibility index (Phi) is 8.27. The van der Waals surface area contributed by atoms with Gasteiger partial charge in [0.15, 0.2) is 0 Å². The Hall–Kier alpha value is -0.564. The van der Waals surface area contributed by atoms with Crippen molar-refractivity contribution in [3.63, 3.8) is 0 Å². The molecule has 2 aromatic carbocycles. The quantitative estimate of drug-likeness (QED) is 0.574. The monoisotopic (exact) mass is 272 g/mol. The van der Waals surface area contributed by atoms with E-state index in [0.29, 0.717) is 0 Å². The van der Waals surface area contributed by atoms with E-state index < -0.39 is 8.80 Å². The first-order chi connectivity index (χ1) is 7.22. The third-order valence-electron chi connectivity index (χ3n) is 2.77. The van der Waals surface area contributed by atoms with E-state index in [9.17, 15) is 0 Å². The van der Waals surface area contributed by atoms with Crippen molar-refractivity contribution in [1.29, 1.82) is 0 Å². The van der Waals surface area contributed by atoms with Gasteiger partial charge in [-0.2, -0.15) is 17.7 Å². The Morgan fingerprint density at radius 1 is 0.938 bits per heavy atom. The van der Waals surface area contributed by atoms with E-state index in [1.165, 1.54) is 5.56 Å². The molecular weight excluding hydrogens is 252 g/mol. The molecule has 2 rings (SSSR count). The Morgan fingerprint density at radius 3 is 1.62 bits per heavy atom. The molecule has 0 aliphatic heterocycles. The minimum Gasteiger partial charge on any atom is -0.748 e. The van der Waals surface area contributed by atoms with Crippen molar-refractivity contribution >= 4 is 8.80 Å². The van der Waals surface area contributed by atoms with Crippen molar-refractivity contribution in [2.45, 2.75) is 25.6 Å². The van der Waals surface area contributed by atoms with Crippen LogP contribution in [0.1, 0.15) is 18.0 Å². The summed E-state index contributed by atoms with van der Waals surface area (Å²) in [4.78, 5) is 0. The van der Waals surface area contributed by atoms with E-state index in [2.05, 4.69) is 44.3 Å². The molecule has 0 amide bonds. The van der Waals surface area contributed by atoms with Gasteiger partial charge in [-0.25, -0.2) is 12.1 Å². The zero-order valence-corrected chi connectivity index (χ0v) is 12.5. The average molecular weight is 272 g/mol. The molecule has 0 radical (unpaired) electrons. The second kappa shape index (κ2) is 8.57. The molecule has 0 aliphatic carbocycles.